The van der Waals surface area contributed by atoms with Crippen molar-refractivity contribution in [2.45, 2.75) is 0 Å². The fourth-order valence-electron chi connectivity index (χ4n) is 1.38. The molecule has 0 aliphatic rings. The predicted octanol–water partition coefficient (Wildman–Crippen LogP) is 4.70. The molecule has 3 heteroatoms. The summed E-state index contributed by atoms with van der Waals surface area (Å²) in [6.07, 6.45) is 3.50. The topological polar surface area (TPSA) is 12.9 Å². The number of halogens is 2. The number of hydrogen-bond acceptors (Lipinski definition) is 1. The van der Waals surface area contributed by atoms with Gasteiger partial charge in [0.1, 0.15) is 0 Å². The largest absolute Gasteiger partial charge is 0.256 e. The Labute approximate surface area is 104 Å². The minimum absolute atomic E-state index is 0.642. The molecule has 1 nitrogen and oxygen atoms in total. The molecule has 0 aliphatic carbocycles. The number of nitrogens with zero attached hydrogens (tertiary/aromatic N) is 1. The van der Waals surface area contributed by atoms with Crippen molar-refractivity contribution in [3.8, 4) is 11.3 Å². The first-order valence-corrected chi connectivity index (χ1v) is 5.50. The summed E-state index contributed by atoms with van der Waals surface area (Å²) in [5, 5.41) is 1.29. The van der Waals surface area contributed by atoms with Crippen LogP contribution in [-0.4, -0.2) is 4.98 Å². The number of rotatable bonds is 2. The highest BCUT2D eigenvalue weighted by Crippen LogP contribution is 2.29. The fraction of sp³-hybridized carbons (Fsp3) is 0. The van der Waals surface area contributed by atoms with Crippen molar-refractivity contribution in [2.75, 3.05) is 0 Å². The van der Waals surface area contributed by atoms with Crippen LogP contribution in [0, 0.1) is 0 Å². The second-order valence-corrected chi connectivity index (χ2v) is 4.15. The normalized spacial score (nSPS) is 10.1. The molecule has 0 atom stereocenters. The van der Waals surface area contributed by atoms with Gasteiger partial charge in [0.15, 0.2) is 0 Å². The van der Waals surface area contributed by atoms with Gasteiger partial charge in [0.05, 0.1) is 10.7 Å². The second kappa shape index (κ2) is 4.69. The summed E-state index contributed by atoms with van der Waals surface area (Å²) in [6.45, 7) is 3.68. The van der Waals surface area contributed by atoms with Gasteiger partial charge in [-0.25, -0.2) is 0 Å². The van der Waals surface area contributed by atoms with Gasteiger partial charge in [0.2, 0.25) is 0 Å². The van der Waals surface area contributed by atoms with Crippen LogP contribution in [0.5, 0.6) is 0 Å². The monoisotopic (exact) mass is 249 g/mol. The Balaban J connectivity index is 2.49. The molecule has 0 spiro atoms. The number of aromatic nitrogens is 1. The summed E-state index contributed by atoms with van der Waals surface area (Å²) in [6, 6.07) is 9.16. The molecule has 0 saturated carbocycles. The van der Waals surface area contributed by atoms with Gasteiger partial charge in [-0.2, -0.15) is 0 Å². The van der Waals surface area contributed by atoms with E-state index in [0.717, 1.165) is 16.8 Å². The van der Waals surface area contributed by atoms with E-state index < -0.39 is 0 Å². The molecule has 2 rings (SSSR count). The van der Waals surface area contributed by atoms with Gasteiger partial charge in [0.25, 0.3) is 0 Å². The SMILES string of the molecule is C=Cc1ccc(-c2cc(Cl)ccc2Cl)nc1. The lowest BCUT2D eigenvalue weighted by molar-refractivity contribution is 1.31. The van der Waals surface area contributed by atoms with Crippen LogP contribution >= 0.6 is 23.2 Å². The highest BCUT2D eigenvalue weighted by atomic mass is 35.5. The van der Waals surface area contributed by atoms with E-state index in [1.807, 2.05) is 12.1 Å². The summed E-state index contributed by atoms with van der Waals surface area (Å²) < 4.78 is 0. The van der Waals surface area contributed by atoms with Crippen LogP contribution in [0.15, 0.2) is 43.1 Å². The Kier molecular flexibility index (Phi) is 3.28. The number of hydrogen-bond donors (Lipinski definition) is 0. The molecule has 0 radical (unpaired) electrons. The van der Waals surface area contributed by atoms with E-state index in [2.05, 4.69) is 11.6 Å². The van der Waals surface area contributed by atoms with Gasteiger partial charge >= 0.3 is 0 Å². The average molecular weight is 250 g/mol. The minimum atomic E-state index is 0.642. The minimum Gasteiger partial charge on any atom is -0.256 e. The molecule has 1 aromatic heterocycles. The van der Waals surface area contributed by atoms with E-state index in [4.69, 9.17) is 23.2 Å². The Morgan fingerprint density at radius 2 is 1.94 bits per heavy atom. The van der Waals surface area contributed by atoms with E-state index in [0.29, 0.717) is 10.0 Å². The van der Waals surface area contributed by atoms with Crippen LogP contribution in [0.1, 0.15) is 5.56 Å². The van der Waals surface area contributed by atoms with Crippen LogP contribution in [0.3, 0.4) is 0 Å². The van der Waals surface area contributed by atoms with Crippen molar-refractivity contribution in [3.63, 3.8) is 0 Å². The van der Waals surface area contributed by atoms with E-state index in [1.165, 1.54) is 0 Å². The summed E-state index contributed by atoms with van der Waals surface area (Å²) in [7, 11) is 0. The molecular weight excluding hydrogens is 241 g/mol. The van der Waals surface area contributed by atoms with Crippen molar-refractivity contribution in [2.24, 2.45) is 0 Å². The molecule has 0 aliphatic heterocycles. The van der Waals surface area contributed by atoms with E-state index in [1.54, 1.807) is 30.5 Å². The van der Waals surface area contributed by atoms with E-state index in [-0.39, 0.29) is 0 Å². The van der Waals surface area contributed by atoms with Crippen LogP contribution in [0.25, 0.3) is 17.3 Å². The Bertz CT molecular complexity index is 518. The molecule has 2 aromatic rings. The summed E-state index contributed by atoms with van der Waals surface area (Å²) in [5.74, 6) is 0. The first-order chi connectivity index (χ1) is 7.70. The Hall–Kier alpha value is -1.31. The Morgan fingerprint density at radius 1 is 1.12 bits per heavy atom. The first-order valence-electron chi connectivity index (χ1n) is 4.74. The zero-order chi connectivity index (χ0) is 11.5. The maximum Gasteiger partial charge on any atom is 0.0717 e. The molecule has 16 heavy (non-hydrogen) atoms. The lowest BCUT2D eigenvalue weighted by atomic mass is 10.1. The van der Waals surface area contributed by atoms with E-state index in [9.17, 15) is 0 Å². The van der Waals surface area contributed by atoms with Gasteiger partial charge in [-0.1, -0.05) is 41.9 Å². The number of benzene rings is 1. The molecular formula is C13H9Cl2N. The van der Waals surface area contributed by atoms with E-state index >= 15 is 0 Å². The van der Waals surface area contributed by atoms with Crippen molar-refractivity contribution in [1.29, 1.82) is 0 Å². The molecule has 0 unspecified atom stereocenters. The molecule has 0 amide bonds. The number of pyridine rings is 1. The van der Waals surface area contributed by atoms with Gasteiger partial charge in [-0.15, -0.1) is 0 Å². The average Bonchev–Trinajstić information content (AvgIpc) is 2.32. The van der Waals surface area contributed by atoms with Crippen LogP contribution in [0.2, 0.25) is 10.0 Å². The molecule has 80 valence electrons. The highest BCUT2D eigenvalue weighted by Gasteiger charge is 2.05. The molecule has 1 aromatic carbocycles. The summed E-state index contributed by atoms with van der Waals surface area (Å²) in [4.78, 5) is 4.31. The van der Waals surface area contributed by atoms with Crippen LogP contribution in [-0.2, 0) is 0 Å². The highest BCUT2D eigenvalue weighted by molar-refractivity contribution is 6.35. The first kappa shape index (κ1) is 11.2. The lowest BCUT2D eigenvalue weighted by Gasteiger charge is -2.04. The van der Waals surface area contributed by atoms with Gasteiger partial charge in [-0.3, -0.25) is 4.98 Å². The third-order valence-electron chi connectivity index (χ3n) is 2.23. The standard InChI is InChI=1S/C13H9Cl2N/c1-2-9-3-6-13(16-8-9)11-7-10(14)4-5-12(11)15/h2-8H,1H2. The van der Waals surface area contributed by atoms with Crippen LogP contribution in [0.4, 0.5) is 0 Å². The van der Waals surface area contributed by atoms with Gasteiger partial charge in [-0.05, 0) is 29.8 Å². The zero-order valence-electron chi connectivity index (χ0n) is 8.45. The zero-order valence-corrected chi connectivity index (χ0v) is 9.96. The van der Waals surface area contributed by atoms with Gasteiger partial charge < -0.3 is 0 Å². The van der Waals surface area contributed by atoms with Crippen LogP contribution < -0.4 is 0 Å². The van der Waals surface area contributed by atoms with Crippen molar-refractivity contribution >= 4 is 29.3 Å². The maximum atomic E-state index is 6.09. The second-order valence-electron chi connectivity index (χ2n) is 3.31. The van der Waals surface area contributed by atoms with Crippen molar-refractivity contribution < 1.29 is 0 Å². The molecule has 0 bridgehead atoms. The van der Waals surface area contributed by atoms with Gasteiger partial charge in [0, 0.05) is 16.8 Å². The molecule has 0 saturated heterocycles. The molecule has 0 fully saturated rings. The summed E-state index contributed by atoms with van der Waals surface area (Å²) in [5.41, 5.74) is 2.62. The third kappa shape index (κ3) is 2.26. The fourth-order valence-corrected chi connectivity index (χ4v) is 1.77. The molecule has 0 N–H and O–H groups in total. The Morgan fingerprint density at radius 3 is 2.56 bits per heavy atom. The maximum absolute atomic E-state index is 6.09. The third-order valence-corrected chi connectivity index (χ3v) is 2.79. The smallest absolute Gasteiger partial charge is 0.0717 e. The predicted molar refractivity (Wildman–Crippen MR) is 69.8 cm³/mol. The van der Waals surface area contributed by atoms with Crippen molar-refractivity contribution in [3.05, 3.63) is 58.7 Å². The van der Waals surface area contributed by atoms with Crippen molar-refractivity contribution in [1.82, 2.24) is 4.98 Å². The molecule has 1 heterocycles. The quantitative estimate of drug-likeness (QED) is 0.752. The lowest BCUT2D eigenvalue weighted by Crippen LogP contribution is -1.85. The summed E-state index contributed by atoms with van der Waals surface area (Å²) >= 11 is 12.0.